The lowest BCUT2D eigenvalue weighted by Crippen LogP contribution is -2.47. The summed E-state index contributed by atoms with van der Waals surface area (Å²) in [4.78, 5) is 32.3. The van der Waals surface area contributed by atoms with E-state index in [1.165, 1.54) is 6.42 Å². The Labute approximate surface area is 144 Å². The third-order valence-electron chi connectivity index (χ3n) is 4.22. The zero-order valence-corrected chi connectivity index (χ0v) is 15.1. The number of carbonyl (C=O) groups is 2. The van der Waals surface area contributed by atoms with Gasteiger partial charge in [0, 0.05) is 19.3 Å². The van der Waals surface area contributed by atoms with Gasteiger partial charge in [-0.25, -0.2) is 4.98 Å². The van der Waals surface area contributed by atoms with Gasteiger partial charge in [-0.3, -0.25) is 14.5 Å². The zero-order chi connectivity index (χ0) is 17.7. The minimum atomic E-state index is -0.165. The molecule has 0 bridgehead atoms. The number of aromatic nitrogens is 1. The topological polar surface area (TPSA) is 65.5 Å². The van der Waals surface area contributed by atoms with Gasteiger partial charge in [0.25, 0.3) is 0 Å². The fourth-order valence-corrected chi connectivity index (χ4v) is 3.22. The quantitative estimate of drug-likeness (QED) is 0.892. The number of carbonyl (C=O) groups excluding carboxylic acids is 2. The van der Waals surface area contributed by atoms with E-state index in [1.807, 2.05) is 17.9 Å². The lowest BCUT2D eigenvalue weighted by molar-refractivity contribution is -0.135. The summed E-state index contributed by atoms with van der Waals surface area (Å²) in [6.45, 7) is 8.37. The van der Waals surface area contributed by atoms with E-state index in [-0.39, 0.29) is 24.9 Å². The molecule has 2 rings (SSSR count). The van der Waals surface area contributed by atoms with Gasteiger partial charge in [-0.05, 0) is 43.9 Å². The molecule has 24 heavy (non-hydrogen) atoms. The van der Waals surface area contributed by atoms with Crippen LogP contribution in [0.15, 0.2) is 18.3 Å². The molecular formula is C18H28N4O2. The summed E-state index contributed by atoms with van der Waals surface area (Å²) in [6.07, 6.45) is 2.88. The highest BCUT2D eigenvalue weighted by molar-refractivity contribution is 5.91. The molecule has 1 saturated heterocycles. The SMILES string of the molecule is Cc1ccc(NC(=O)CN(C)CC(=O)N2C[C@@H](C)C[C@H](C)C2)nc1. The molecule has 0 radical (unpaired) electrons. The molecule has 1 N–H and O–H groups in total. The third-order valence-corrected chi connectivity index (χ3v) is 4.22. The van der Waals surface area contributed by atoms with Gasteiger partial charge in [-0.1, -0.05) is 19.9 Å². The Balaban J connectivity index is 1.79. The summed E-state index contributed by atoms with van der Waals surface area (Å²) in [6, 6.07) is 3.67. The average molecular weight is 332 g/mol. The fourth-order valence-electron chi connectivity index (χ4n) is 3.22. The highest BCUT2D eigenvalue weighted by Gasteiger charge is 2.26. The molecule has 0 aromatic carbocycles. The molecule has 2 atom stereocenters. The van der Waals surface area contributed by atoms with Crippen LogP contribution in [0, 0.1) is 18.8 Å². The number of piperidine rings is 1. The van der Waals surface area contributed by atoms with Crippen molar-refractivity contribution in [2.24, 2.45) is 11.8 Å². The van der Waals surface area contributed by atoms with Crippen molar-refractivity contribution in [2.45, 2.75) is 27.2 Å². The fraction of sp³-hybridized carbons (Fsp3) is 0.611. The number of nitrogens with one attached hydrogen (secondary N) is 1. The molecule has 0 unspecified atom stereocenters. The van der Waals surface area contributed by atoms with Gasteiger partial charge in [0.1, 0.15) is 5.82 Å². The van der Waals surface area contributed by atoms with Crippen molar-refractivity contribution in [1.29, 1.82) is 0 Å². The van der Waals surface area contributed by atoms with Crippen LogP contribution in [-0.4, -0.2) is 59.8 Å². The van der Waals surface area contributed by atoms with E-state index in [2.05, 4.69) is 24.1 Å². The first-order chi connectivity index (χ1) is 11.3. The predicted octanol–water partition coefficient (Wildman–Crippen LogP) is 1.76. The molecule has 2 heterocycles. The molecule has 1 aromatic rings. The van der Waals surface area contributed by atoms with Crippen LogP contribution in [0.1, 0.15) is 25.8 Å². The lowest BCUT2D eigenvalue weighted by atomic mass is 9.92. The van der Waals surface area contributed by atoms with Crippen LogP contribution in [0.2, 0.25) is 0 Å². The molecule has 0 aliphatic carbocycles. The van der Waals surface area contributed by atoms with E-state index >= 15 is 0 Å². The van der Waals surface area contributed by atoms with Gasteiger partial charge in [0.05, 0.1) is 13.1 Å². The first kappa shape index (κ1) is 18.4. The lowest BCUT2D eigenvalue weighted by Gasteiger charge is -2.35. The van der Waals surface area contributed by atoms with E-state index in [4.69, 9.17) is 0 Å². The standard InChI is InChI=1S/C18H28N4O2/c1-13-5-6-16(19-8-13)20-17(23)11-21(4)12-18(24)22-9-14(2)7-15(3)10-22/h5-6,8,14-15H,7,9-12H2,1-4H3,(H,19,20,23)/t14-,15-/m0/s1. The molecule has 6 heteroatoms. The van der Waals surface area contributed by atoms with E-state index in [0.717, 1.165) is 18.7 Å². The number of likely N-dealkylation sites (N-methyl/N-ethyl adjacent to an activating group) is 1. The van der Waals surface area contributed by atoms with Crippen LogP contribution in [0.3, 0.4) is 0 Å². The van der Waals surface area contributed by atoms with Gasteiger partial charge >= 0.3 is 0 Å². The van der Waals surface area contributed by atoms with Gasteiger partial charge in [-0.15, -0.1) is 0 Å². The summed E-state index contributed by atoms with van der Waals surface area (Å²) < 4.78 is 0. The second-order valence-electron chi connectivity index (χ2n) is 7.19. The van der Waals surface area contributed by atoms with Gasteiger partial charge in [0.2, 0.25) is 11.8 Å². The number of hydrogen-bond acceptors (Lipinski definition) is 4. The molecule has 1 aromatic heterocycles. The predicted molar refractivity (Wildman–Crippen MR) is 94.6 cm³/mol. The number of pyridine rings is 1. The minimum absolute atomic E-state index is 0.0946. The largest absolute Gasteiger partial charge is 0.341 e. The van der Waals surface area contributed by atoms with Crippen molar-refractivity contribution in [3.63, 3.8) is 0 Å². The van der Waals surface area contributed by atoms with Gasteiger partial charge in [-0.2, -0.15) is 0 Å². The van der Waals surface area contributed by atoms with Crippen LogP contribution in [0.4, 0.5) is 5.82 Å². The van der Waals surface area contributed by atoms with E-state index < -0.39 is 0 Å². The Morgan fingerprint density at radius 1 is 1.25 bits per heavy atom. The van der Waals surface area contributed by atoms with Crippen molar-refractivity contribution < 1.29 is 9.59 Å². The summed E-state index contributed by atoms with van der Waals surface area (Å²) in [7, 11) is 1.79. The van der Waals surface area contributed by atoms with Crippen LogP contribution in [-0.2, 0) is 9.59 Å². The Morgan fingerprint density at radius 2 is 1.92 bits per heavy atom. The number of nitrogens with zero attached hydrogens (tertiary/aromatic N) is 3. The molecule has 1 fully saturated rings. The summed E-state index contributed by atoms with van der Waals surface area (Å²) >= 11 is 0. The number of likely N-dealkylation sites (tertiary alicyclic amines) is 1. The number of rotatable bonds is 5. The summed E-state index contributed by atoms with van der Waals surface area (Å²) in [5, 5.41) is 2.75. The monoisotopic (exact) mass is 332 g/mol. The van der Waals surface area contributed by atoms with Crippen molar-refractivity contribution in [2.75, 3.05) is 38.5 Å². The van der Waals surface area contributed by atoms with Crippen molar-refractivity contribution in [3.05, 3.63) is 23.9 Å². The molecular weight excluding hydrogens is 304 g/mol. The Hall–Kier alpha value is -1.95. The average Bonchev–Trinajstić information content (AvgIpc) is 2.48. The minimum Gasteiger partial charge on any atom is -0.341 e. The van der Waals surface area contributed by atoms with E-state index in [0.29, 0.717) is 17.7 Å². The number of hydrogen-bond donors (Lipinski definition) is 1. The number of amides is 2. The number of aryl methyl sites for hydroxylation is 1. The Morgan fingerprint density at radius 3 is 2.50 bits per heavy atom. The Kier molecular flexibility index (Phi) is 6.31. The molecule has 6 nitrogen and oxygen atoms in total. The maximum absolute atomic E-state index is 12.4. The highest BCUT2D eigenvalue weighted by atomic mass is 16.2. The van der Waals surface area contributed by atoms with E-state index in [1.54, 1.807) is 24.2 Å². The maximum atomic E-state index is 12.4. The molecule has 0 spiro atoms. The van der Waals surface area contributed by atoms with Crippen LogP contribution in [0.5, 0.6) is 0 Å². The molecule has 1 aliphatic heterocycles. The normalized spacial score (nSPS) is 21.0. The van der Waals surface area contributed by atoms with Crippen molar-refractivity contribution in [1.82, 2.24) is 14.8 Å². The van der Waals surface area contributed by atoms with Crippen molar-refractivity contribution >= 4 is 17.6 Å². The summed E-state index contributed by atoms with van der Waals surface area (Å²) in [5.41, 5.74) is 1.04. The molecule has 1 aliphatic rings. The van der Waals surface area contributed by atoms with Gasteiger partial charge < -0.3 is 10.2 Å². The first-order valence-corrected chi connectivity index (χ1v) is 8.52. The first-order valence-electron chi connectivity index (χ1n) is 8.52. The van der Waals surface area contributed by atoms with Crippen LogP contribution in [0.25, 0.3) is 0 Å². The van der Waals surface area contributed by atoms with Crippen LogP contribution >= 0.6 is 0 Å². The zero-order valence-electron chi connectivity index (χ0n) is 15.1. The van der Waals surface area contributed by atoms with E-state index in [9.17, 15) is 9.59 Å². The smallest absolute Gasteiger partial charge is 0.239 e. The molecule has 2 amide bonds. The number of anilines is 1. The summed E-state index contributed by atoms with van der Waals surface area (Å²) in [5.74, 6) is 1.54. The van der Waals surface area contributed by atoms with Crippen molar-refractivity contribution in [3.8, 4) is 0 Å². The Bertz CT molecular complexity index is 563. The van der Waals surface area contributed by atoms with Crippen LogP contribution < -0.4 is 5.32 Å². The third kappa shape index (κ3) is 5.60. The van der Waals surface area contributed by atoms with Gasteiger partial charge in [0.15, 0.2) is 0 Å². The maximum Gasteiger partial charge on any atom is 0.239 e. The second-order valence-corrected chi connectivity index (χ2v) is 7.19. The molecule has 0 saturated carbocycles. The molecule has 132 valence electrons. The highest BCUT2D eigenvalue weighted by Crippen LogP contribution is 2.20. The second kappa shape index (κ2) is 8.24.